The smallest absolute Gasteiger partial charge is 0.0909 e. The maximum Gasteiger partial charge on any atom is 0.0909 e. The minimum absolute atomic E-state index is 0.809. The lowest BCUT2D eigenvalue weighted by atomic mass is 10.2. The van der Waals surface area contributed by atoms with Crippen molar-refractivity contribution >= 4 is 17.4 Å². The fraction of sp³-hybridized carbons (Fsp3) is 0.182. The molecule has 1 aromatic heterocycles. The molecule has 0 aliphatic carbocycles. The van der Waals surface area contributed by atoms with Crippen LogP contribution in [0.15, 0.2) is 41.6 Å². The minimum atomic E-state index is 0.809. The first-order chi connectivity index (χ1) is 7.25. The molecule has 2 aromatic rings. The number of rotatable bonds is 3. The Labute approximate surface area is 93.3 Å². The molecule has 1 heterocycles. The van der Waals surface area contributed by atoms with E-state index < -0.39 is 0 Å². The molecule has 4 heteroatoms. The summed E-state index contributed by atoms with van der Waals surface area (Å²) in [5, 5.41) is 4.15. The Balaban J connectivity index is 2.07. The van der Waals surface area contributed by atoms with Crippen LogP contribution in [0.5, 0.6) is 0 Å². The third-order valence-electron chi connectivity index (χ3n) is 2.12. The van der Waals surface area contributed by atoms with E-state index in [0.717, 1.165) is 11.6 Å². The molecule has 1 aromatic carbocycles. The Hall–Kier alpha value is -1.42. The Morgan fingerprint density at radius 2 is 2.33 bits per heavy atom. The van der Waals surface area contributed by atoms with Gasteiger partial charge in [-0.25, -0.2) is 0 Å². The molecule has 2 rings (SSSR count). The predicted molar refractivity (Wildman–Crippen MR) is 63.7 cm³/mol. The summed E-state index contributed by atoms with van der Waals surface area (Å²) in [4.78, 5) is 1.21. The lowest BCUT2D eigenvalue weighted by Crippen LogP contribution is -1.95. The highest BCUT2D eigenvalue weighted by atomic mass is 32.2. The Bertz CT molecular complexity index is 437. The number of nitrogens with two attached hydrogens (primary N) is 1. The molecule has 3 nitrogen and oxygen atoms in total. The number of anilines is 1. The van der Waals surface area contributed by atoms with E-state index in [1.54, 1.807) is 18.0 Å². The number of thioether (sulfide) groups is 1. The molecule has 0 fully saturated rings. The van der Waals surface area contributed by atoms with E-state index >= 15 is 0 Å². The summed E-state index contributed by atoms with van der Waals surface area (Å²) in [6.45, 7) is 2.09. The summed E-state index contributed by atoms with van der Waals surface area (Å²) in [7, 11) is 0. The van der Waals surface area contributed by atoms with Gasteiger partial charge in [-0.1, -0.05) is 6.07 Å². The molecular weight excluding hydrogens is 206 g/mol. The highest BCUT2D eigenvalue weighted by molar-refractivity contribution is 7.98. The average molecular weight is 219 g/mol. The molecule has 0 radical (unpaired) electrons. The molecule has 15 heavy (non-hydrogen) atoms. The summed E-state index contributed by atoms with van der Waals surface area (Å²) in [5.41, 5.74) is 7.80. The lowest BCUT2D eigenvalue weighted by Gasteiger charge is -2.06. The monoisotopic (exact) mass is 219 g/mol. The predicted octanol–water partition coefficient (Wildman–Crippen LogP) is 2.52. The summed E-state index contributed by atoms with van der Waals surface area (Å²) in [6.07, 6.45) is 3.74. The van der Waals surface area contributed by atoms with E-state index in [9.17, 15) is 0 Å². The second kappa shape index (κ2) is 4.40. The van der Waals surface area contributed by atoms with E-state index in [-0.39, 0.29) is 0 Å². The van der Waals surface area contributed by atoms with E-state index in [2.05, 4.69) is 12.0 Å². The molecular formula is C11H13N3S. The van der Waals surface area contributed by atoms with Gasteiger partial charge in [0.25, 0.3) is 0 Å². The van der Waals surface area contributed by atoms with Gasteiger partial charge < -0.3 is 5.73 Å². The van der Waals surface area contributed by atoms with Gasteiger partial charge in [-0.3, -0.25) is 4.68 Å². The van der Waals surface area contributed by atoms with Crippen molar-refractivity contribution in [3.05, 3.63) is 42.2 Å². The SMILES string of the molecule is Cc1ccc(N)cc1SCn1cccn1. The maximum atomic E-state index is 5.74. The van der Waals surface area contributed by atoms with Crippen LogP contribution in [0.3, 0.4) is 0 Å². The summed E-state index contributed by atoms with van der Waals surface area (Å²) < 4.78 is 1.90. The zero-order chi connectivity index (χ0) is 10.7. The van der Waals surface area contributed by atoms with Gasteiger partial charge in [0.15, 0.2) is 0 Å². The number of benzene rings is 1. The zero-order valence-corrected chi connectivity index (χ0v) is 9.37. The van der Waals surface area contributed by atoms with Crippen molar-refractivity contribution in [2.75, 3.05) is 5.73 Å². The summed E-state index contributed by atoms with van der Waals surface area (Å²) in [6, 6.07) is 7.89. The van der Waals surface area contributed by atoms with Gasteiger partial charge >= 0.3 is 0 Å². The van der Waals surface area contributed by atoms with Crippen molar-refractivity contribution in [2.24, 2.45) is 0 Å². The van der Waals surface area contributed by atoms with Crippen LogP contribution in [0.2, 0.25) is 0 Å². The highest BCUT2D eigenvalue weighted by Gasteiger charge is 2.00. The van der Waals surface area contributed by atoms with E-state index in [0.29, 0.717) is 0 Å². The molecule has 0 spiro atoms. The first kappa shape index (κ1) is 10.1. The van der Waals surface area contributed by atoms with Gasteiger partial charge in [0, 0.05) is 23.0 Å². The average Bonchev–Trinajstić information content (AvgIpc) is 2.72. The first-order valence-corrected chi connectivity index (χ1v) is 5.70. The van der Waals surface area contributed by atoms with Crippen molar-refractivity contribution in [1.29, 1.82) is 0 Å². The molecule has 78 valence electrons. The highest BCUT2D eigenvalue weighted by Crippen LogP contribution is 2.25. The number of aromatic nitrogens is 2. The van der Waals surface area contributed by atoms with Crippen molar-refractivity contribution in [3.63, 3.8) is 0 Å². The zero-order valence-electron chi connectivity index (χ0n) is 8.55. The van der Waals surface area contributed by atoms with Crippen molar-refractivity contribution in [1.82, 2.24) is 9.78 Å². The number of aryl methyl sites for hydroxylation is 1. The van der Waals surface area contributed by atoms with Gasteiger partial charge in [0.2, 0.25) is 0 Å². The van der Waals surface area contributed by atoms with Gasteiger partial charge in [-0.05, 0) is 30.7 Å². The van der Waals surface area contributed by atoms with Crippen LogP contribution in [0.4, 0.5) is 5.69 Å². The van der Waals surface area contributed by atoms with E-state index in [1.807, 2.05) is 35.1 Å². The molecule has 2 N–H and O–H groups in total. The van der Waals surface area contributed by atoms with Gasteiger partial charge in [-0.2, -0.15) is 5.10 Å². The number of nitrogens with zero attached hydrogens (tertiary/aromatic N) is 2. The van der Waals surface area contributed by atoms with E-state index in [4.69, 9.17) is 5.73 Å². The summed E-state index contributed by atoms with van der Waals surface area (Å²) >= 11 is 1.74. The fourth-order valence-corrected chi connectivity index (χ4v) is 2.22. The van der Waals surface area contributed by atoms with Crippen molar-refractivity contribution < 1.29 is 0 Å². The third kappa shape index (κ3) is 2.53. The maximum absolute atomic E-state index is 5.74. The normalized spacial score (nSPS) is 10.5. The van der Waals surface area contributed by atoms with Crippen molar-refractivity contribution in [3.8, 4) is 0 Å². The molecule has 0 aliphatic heterocycles. The second-order valence-corrected chi connectivity index (χ2v) is 4.33. The Morgan fingerprint density at radius 3 is 3.07 bits per heavy atom. The van der Waals surface area contributed by atoms with Gasteiger partial charge in [-0.15, -0.1) is 11.8 Å². The van der Waals surface area contributed by atoms with Crippen LogP contribution in [0.25, 0.3) is 0 Å². The molecule has 0 atom stereocenters. The second-order valence-electron chi connectivity index (χ2n) is 3.34. The van der Waals surface area contributed by atoms with Crippen LogP contribution >= 0.6 is 11.8 Å². The van der Waals surface area contributed by atoms with Gasteiger partial charge in [0.05, 0.1) is 5.88 Å². The third-order valence-corrected chi connectivity index (χ3v) is 3.27. The molecule has 0 saturated heterocycles. The van der Waals surface area contributed by atoms with Crippen LogP contribution < -0.4 is 5.73 Å². The number of nitrogen functional groups attached to an aromatic ring is 1. The van der Waals surface area contributed by atoms with Crippen LogP contribution in [-0.4, -0.2) is 9.78 Å². The van der Waals surface area contributed by atoms with Crippen LogP contribution in [0, 0.1) is 6.92 Å². The number of hydrogen-bond acceptors (Lipinski definition) is 3. The lowest BCUT2D eigenvalue weighted by molar-refractivity contribution is 0.750. The number of hydrogen-bond donors (Lipinski definition) is 1. The van der Waals surface area contributed by atoms with Crippen molar-refractivity contribution in [2.45, 2.75) is 17.7 Å². The Kier molecular flexibility index (Phi) is 2.97. The van der Waals surface area contributed by atoms with E-state index in [1.165, 1.54) is 10.5 Å². The van der Waals surface area contributed by atoms with Crippen LogP contribution in [-0.2, 0) is 5.88 Å². The largest absolute Gasteiger partial charge is 0.399 e. The quantitative estimate of drug-likeness (QED) is 0.637. The molecule has 0 saturated carbocycles. The topological polar surface area (TPSA) is 43.8 Å². The molecule has 0 aliphatic rings. The molecule has 0 unspecified atom stereocenters. The molecule has 0 bridgehead atoms. The minimum Gasteiger partial charge on any atom is -0.399 e. The fourth-order valence-electron chi connectivity index (χ4n) is 1.28. The summed E-state index contributed by atoms with van der Waals surface area (Å²) in [5.74, 6) is 0.817. The Morgan fingerprint density at radius 1 is 1.47 bits per heavy atom. The standard InChI is InChI=1S/C11H13N3S/c1-9-3-4-10(12)7-11(9)15-8-14-6-2-5-13-14/h2-7H,8,12H2,1H3. The van der Waals surface area contributed by atoms with Crippen LogP contribution in [0.1, 0.15) is 5.56 Å². The van der Waals surface area contributed by atoms with Gasteiger partial charge in [0.1, 0.15) is 0 Å². The molecule has 0 amide bonds. The first-order valence-electron chi connectivity index (χ1n) is 4.72.